The van der Waals surface area contributed by atoms with Crippen molar-refractivity contribution < 1.29 is 4.79 Å². The second kappa shape index (κ2) is 7.54. The fourth-order valence-electron chi connectivity index (χ4n) is 3.58. The standard InChI is InChI=1S/C25H17N3OS/c26-21-20-19(16-10-4-1-5-11-16)22(17-12-6-2-7-13-17)27-28-25(20)30-24(21)23(29)18-14-8-3-9-15-18/h1-15H,26H2. The molecular formula is C25H17N3OS. The first kappa shape index (κ1) is 18.2. The second-order valence-corrected chi connectivity index (χ2v) is 7.87. The summed E-state index contributed by atoms with van der Waals surface area (Å²) < 4.78 is 0. The lowest BCUT2D eigenvalue weighted by molar-refractivity contribution is 0.104. The van der Waals surface area contributed by atoms with Gasteiger partial charge in [0.25, 0.3) is 0 Å². The lowest BCUT2D eigenvalue weighted by Crippen LogP contribution is -2.02. The van der Waals surface area contributed by atoms with E-state index in [1.807, 2.05) is 78.9 Å². The van der Waals surface area contributed by atoms with Gasteiger partial charge in [-0.2, -0.15) is 0 Å². The van der Waals surface area contributed by atoms with Crippen molar-refractivity contribution in [1.82, 2.24) is 10.2 Å². The summed E-state index contributed by atoms with van der Waals surface area (Å²) in [6, 6.07) is 29.1. The van der Waals surface area contributed by atoms with Gasteiger partial charge in [0.05, 0.1) is 5.69 Å². The Morgan fingerprint density at radius 2 is 1.30 bits per heavy atom. The summed E-state index contributed by atoms with van der Waals surface area (Å²) in [5, 5.41) is 9.75. The smallest absolute Gasteiger partial charge is 0.205 e. The molecule has 0 atom stereocenters. The molecule has 5 rings (SSSR count). The zero-order valence-corrected chi connectivity index (χ0v) is 16.8. The number of nitrogens with zero attached hydrogens (tertiary/aromatic N) is 2. The van der Waals surface area contributed by atoms with Crippen LogP contribution in [0, 0.1) is 0 Å². The van der Waals surface area contributed by atoms with E-state index in [1.54, 1.807) is 12.1 Å². The van der Waals surface area contributed by atoms with Crippen LogP contribution in [0.4, 0.5) is 5.69 Å². The van der Waals surface area contributed by atoms with Gasteiger partial charge in [-0.05, 0) is 5.56 Å². The maximum atomic E-state index is 13.1. The predicted molar refractivity (Wildman–Crippen MR) is 123 cm³/mol. The Morgan fingerprint density at radius 1 is 0.733 bits per heavy atom. The summed E-state index contributed by atoms with van der Waals surface area (Å²) in [6.45, 7) is 0. The molecule has 5 aromatic rings. The van der Waals surface area contributed by atoms with Crippen LogP contribution in [-0.4, -0.2) is 16.0 Å². The second-order valence-electron chi connectivity index (χ2n) is 6.88. The highest BCUT2D eigenvalue weighted by atomic mass is 32.1. The third-order valence-corrected chi connectivity index (χ3v) is 6.09. The Kier molecular flexibility index (Phi) is 4.58. The van der Waals surface area contributed by atoms with Gasteiger partial charge < -0.3 is 5.73 Å². The number of carbonyl (C=O) groups is 1. The number of rotatable bonds is 4. The molecule has 0 radical (unpaired) electrons. The summed E-state index contributed by atoms with van der Waals surface area (Å²) in [5.74, 6) is -0.101. The summed E-state index contributed by atoms with van der Waals surface area (Å²) in [5.41, 5.74) is 11.2. The molecule has 0 saturated carbocycles. The van der Waals surface area contributed by atoms with E-state index < -0.39 is 0 Å². The van der Waals surface area contributed by atoms with Gasteiger partial charge in [-0.3, -0.25) is 4.79 Å². The molecule has 0 unspecified atom stereocenters. The quantitative estimate of drug-likeness (QED) is 0.380. The van der Waals surface area contributed by atoms with E-state index in [9.17, 15) is 4.79 Å². The van der Waals surface area contributed by atoms with Crippen LogP contribution < -0.4 is 5.73 Å². The number of thiophene rings is 1. The van der Waals surface area contributed by atoms with E-state index in [2.05, 4.69) is 10.2 Å². The first-order valence-corrected chi connectivity index (χ1v) is 10.3. The molecule has 144 valence electrons. The fraction of sp³-hybridized carbons (Fsp3) is 0. The number of hydrogen-bond donors (Lipinski definition) is 1. The first-order chi connectivity index (χ1) is 14.7. The van der Waals surface area contributed by atoms with Gasteiger partial charge in [-0.15, -0.1) is 21.5 Å². The average Bonchev–Trinajstić information content (AvgIpc) is 3.16. The molecule has 5 heteroatoms. The third-order valence-electron chi connectivity index (χ3n) is 5.01. The van der Waals surface area contributed by atoms with Gasteiger partial charge >= 0.3 is 0 Å². The van der Waals surface area contributed by atoms with E-state index >= 15 is 0 Å². The zero-order valence-electron chi connectivity index (χ0n) is 15.9. The minimum Gasteiger partial charge on any atom is -0.397 e. The molecule has 3 aromatic carbocycles. The van der Waals surface area contributed by atoms with E-state index in [1.165, 1.54) is 11.3 Å². The lowest BCUT2D eigenvalue weighted by Gasteiger charge is -2.11. The summed E-state index contributed by atoms with van der Waals surface area (Å²) >= 11 is 1.29. The van der Waals surface area contributed by atoms with Gasteiger partial charge in [0.15, 0.2) is 0 Å². The van der Waals surface area contributed by atoms with Crippen molar-refractivity contribution in [2.45, 2.75) is 0 Å². The topological polar surface area (TPSA) is 68.9 Å². The number of nitrogen functional groups attached to an aromatic ring is 1. The molecule has 0 aliphatic carbocycles. The number of hydrogen-bond acceptors (Lipinski definition) is 5. The molecule has 0 fully saturated rings. The van der Waals surface area contributed by atoms with Crippen LogP contribution in [0.2, 0.25) is 0 Å². The number of ketones is 1. The van der Waals surface area contributed by atoms with Crippen LogP contribution in [0.5, 0.6) is 0 Å². The molecule has 2 heterocycles. The fourth-order valence-corrected chi connectivity index (χ4v) is 4.59. The van der Waals surface area contributed by atoms with Gasteiger partial charge in [0, 0.05) is 22.1 Å². The van der Waals surface area contributed by atoms with Crippen LogP contribution >= 0.6 is 11.3 Å². The van der Waals surface area contributed by atoms with Crippen molar-refractivity contribution in [3.8, 4) is 22.4 Å². The van der Waals surface area contributed by atoms with Crippen LogP contribution in [-0.2, 0) is 0 Å². The molecular weight excluding hydrogens is 390 g/mol. The predicted octanol–water partition coefficient (Wildman–Crippen LogP) is 5.84. The molecule has 30 heavy (non-hydrogen) atoms. The Labute approximate surface area is 177 Å². The minimum atomic E-state index is -0.101. The Bertz CT molecular complexity index is 1350. The first-order valence-electron chi connectivity index (χ1n) is 9.53. The van der Waals surface area contributed by atoms with Gasteiger partial charge in [-0.1, -0.05) is 91.0 Å². The largest absolute Gasteiger partial charge is 0.397 e. The normalized spacial score (nSPS) is 10.9. The molecule has 0 saturated heterocycles. The van der Waals surface area contributed by atoms with Crippen molar-refractivity contribution in [3.63, 3.8) is 0 Å². The van der Waals surface area contributed by atoms with Crippen LogP contribution in [0.25, 0.3) is 32.6 Å². The van der Waals surface area contributed by atoms with Crippen molar-refractivity contribution >= 4 is 33.0 Å². The zero-order chi connectivity index (χ0) is 20.5. The summed E-state index contributed by atoms with van der Waals surface area (Å²) in [7, 11) is 0. The molecule has 0 bridgehead atoms. The number of aromatic nitrogens is 2. The van der Waals surface area contributed by atoms with E-state index in [0.717, 1.165) is 27.8 Å². The summed E-state index contributed by atoms with van der Waals surface area (Å²) in [4.78, 5) is 14.3. The monoisotopic (exact) mass is 407 g/mol. The molecule has 2 N–H and O–H groups in total. The highest BCUT2D eigenvalue weighted by Gasteiger charge is 2.24. The Hall–Kier alpha value is -3.83. The maximum absolute atomic E-state index is 13.1. The highest BCUT2D eigenvalue weighted by Crippen LogP contribution is 2.43. The van der Waals surface area contributed by atoms with Crippen molar-refractivity contribution in [2.75, 3.05) is 5.73 Å². The number of nitrogens with two attached hydrogens (primary N) is 1. The molecule has 0 aliphatic heterocycles. The van der Waals surface area contributed by atoms with Gasteiger partial charge in [0.1, 0.15) is 15.4 Å². The maximum Gasteiger partial charge on any atom is 0.205 e. The van der Waals surface area contributed by atoms with Crippen molar-refractivity contribution in [2.24, 2.45) is 0 Å². The Morgan fingerprint density at radius 3 is 1.93 bits per heavy atom. The van der Waals surface area contributed by atoms with Gasteiger partial charge in [-0.25, -0.2) is 0 Å². The van der Waals surface area contributed by atoms with Crippen LogP contribution in [0.3, 0.4) is 0 Å². The number of fused-ring (bicyclic) bond motifs is 1. The van der Waals surface area contributed by atoms with Crippen LogP contribution in [0.15, 0.2) is 91.0 Å². The molecule has 0 spiro atoms. The molecule has 0 aliphatic rings. The number of anilines is 1. The average molecular weight is 407 g/mol. The summed E-state index contributed by atoms with van der Waals surface area (Å²) in [6.07, 6.45) is 0. The number of benzene rings is 3. The van der Waals surface area contributed by atoms with Crippen molar-refractivity contribution in [1.29, 1.82) is 0 Å². The molecule has 4 nitrogen and oxygen atoms in total. The van der Waals surface area contributed by atoms with E-state index in [-0.39, 0.29) is 5.78 Å². The van der Waals surface area contributed by atoms with E-state index in [4.69, 9.17) is 5.73 Å². The highest BCUT2D eigenvalue weighted by molar-refractivity contribution is 7.21. The van der Waals surface area contributed by atoms with E-state index in [0.29, 0.717) is 21.0 Å². The Balaban J connectivity index is 1.80. The number of carbonyl (C=O) groups excluding carboxylic acids is 1. The van der Waals surface area contributed by atoms with Gasteiger partial charge in [0.2, 0.25) is 5.78 Å². The third kappa shape index (κ3) is 3.06. The lowest BCUT2D eigenvalue weighted by atomic mass is 9.96. The molecule has 2 aromatic heterocycles. The molecule has 0 amide bonds. The van der Waals surface area contributed by atoms with Crippen molar-refractivity contribution in [3.05, 3.63) is 101 Å². The minimum absolute atomic E-state index is 0.101. The SMILES string of the molecule is Nc1c(C(=O)c2ccccc2)sc2nnc(-c3ccccc3)c(-c3ccccc3)c12. The van der Waals surface area contributed by atoms with Crippen LogP contribution in [0.1, 0.15) is 15.2 Å².